The summed E-state index contributed by atoms with van der Waals surface area (Å²) in [4.78, 5) is 16.2. The second kappa shape index (κ2) is 6.51. The molecule has 2 amide bonds. The zero-order valence-electron chi connectivity index (χ0n) is 12.5. The largest absolute Gasteiger partial charge is 0.497 e. The number of amides is 2. The van der Waals surface area contributed by atoms with Crippen molar-refractivity contribution in [3.63, 3.8) is 0 Å². The van der Waals surface area contributed by atoms with Crippen LogP contribution in [0.15, 0.2) is 43.0 Å². The Balaban J connectivity index is 1.58. The number of aromatic nitrogens is 2. The highest BCUT2D eigenvalue weighted by atomic mass is 16.5. The average Bonchev–Trinajstić information content (AvgIpc) is 3.18. The molecule has 6 nitrogen and oxygen atoms in total. The van der Waals surface area contributed by atoms with Crippen molar-refractivity contribution >= 4 is 11.7 Å². The number of rotatable bonds is 4. The number of benzene rings is 1. The highest BCUT2D eigenvalue weighted by Crippen LogP contribution is 2.29. The number of carbonyl (C=O) groups is 1. The van der Waals surface area contributed by atoms with Gasteiger partial charge in [0, 0.05) is 18.1 Å². The molecule has 1 aromatic heterocycles. The van der Waals surface area contributed by atoms with Crippen LogP contribution in [0, 0.1) is 0 Å². The molecule has 0 saturated heterocycles. The molecule has 0 spiro atoms. The molecule has 1 heterocycles. The van der Waals surface area contributed by atoms with Gasteiger partial charge in [0.05, 0.1) is 25.5 Å². The Labute approximate surface area is 129 Å². The van der Waals surface area contributed by atoms with Gasteiger partial charge in [-0.3, -0.25) is 0 Å². The van der Waals surface area contributed by atoms with E-state index in [1.807, 2.05) is 36.8 Å². The first-order valence-corrected chi connectivity index (χ1v) is 7.45. The maximum Gasteiger partial charge on any atom is 0.319 e. The second-order valence-electron chi connectivity index (χ2n) is 5.44. The van der Waals surface area contributed by atoms with Crippen LogP contribution >= 0.6 is 0 Å². The van der Waals surface area contributed by atoms with Crippen LogP contribution in [-0.2, 0) is 0 Å². The number of hydrogen-bond acceptors (Lipinski definition) is 3. The topological polar surface area (TPSA) is 68.2 Å². The van der Waals surface area contributed by atoms with E-state index in [2.05, 4.69) is 20.2 Å². The normalized spacial score (nSPS) is 20.6. The lowest BCUT2D eigenvalue weighted by Gasteiger charge is -2.22. The minimum absolute atomic E-state index is 0.132. The van der Waals surface area contributed by atoms with Crippen molar-refractivity contribution in [3.8, 4) is 5.75 Å². The Kier molecular flexibility index (Phi) is 4.27. The van der Waals surface area contributed by atoms with Crippen molar-refractivity contribution in [2.24, 2.45) is 0 Å². The average molecular weight is 300 g/mol. The molecule has 22 heavy (non-hydrogen) atoms. The molecular weight excluding hydrogens is 280 g/mol. The number of methoxy groups -OCH3 is 1. The lowest BCUT2D eigenvalue weighted by atomic mass is 10.2. The SMILES string of the molecule is COc1ccc(NC(=O)N[C@@H]2CCC[C@@H]2n2ccnc2)cc1. The summed E-state index contributed by atoms with van der Waals surface area (Å²) in [7, 11) is 1.62. The molecule has 1 aromatic carbocycles. The highest BCUT2D eigenvalue weighted by molar-refractivity contribution is 5.89. The molecule has 1 saturated carbocycles. The van der Waals surface area contributed by atoms with E-state index in [4.69, 9.17) is 4.74 Å². The van der Waals surface area contributed by atoms with Crippen molar-refractivity contribution in [2.75, 3.05) is 12.4 Å². The van der Waals surface area contributed by atoms with Gasteiger partial charge in [0.15, 0.2) is 0 Å². The summed E-state index contributed by atoms with van der Waals surface area (Å²) in [5.41, 5.74) is 0.746. The molecule has 3 rings (SSSR count). The zero-order chi connectivity index (χ0) is 15.4. The molecule has 6 heteroatoms. The molecule has 0 aliphatic heterocycles. The van der Waals surface area contributed by atoms with Gasteiger partial charge < -0.3 is 19.9 Å². The summed E-state index contributed by atoms with van der Waals surface area (Å²) in [5, 5.41) is 5.92. The van der Waals surface area contributed by atoms with Crippen molar-refractivity contribution < 1.29 is 9.53 Å². The molecule has 0 bridgehead atoms. The predicted octanol–water partition coefficient (Wildman–Crippen LogP) is 2.81. The lowest BCUT2D eigenvalue weighted by Crippen LogP contribution is -2.40. The van der Waals surface area contributed by atoms with Crippen molar-refractivity contribution in [1.82, 2.24) is 14.9 Å². The summed E-state index contributed by atoms with van der Waals surface area (Å²) in [6.07, 6.45) is 8.68. The van der Waals surface area contributed by atoms with Crippen LogP contribution in [0.1, 0.15) is 25.3 Å². The molecule has 2 atom stereocenters. The third kappa shape index (κ3) is 3.21. The van der Waals surface area contributed by atoms with Crippen LogP contribution in [0.4, 0.5) is 10.5 Å². The van der Waals surface area contributed by atoms with Crippen molar-refractivity contribution in [1.29, 1.82) is 0 Å². The van der Waals surface area contributed by atoms with Crippen LogP contribution in [0.5, 0.6) is 5.75 Å². The maximum absolute atomic E-state index is 12.2. The van der Waals surface area contributed by atoms with E-state index in [0.717, 1.165) is 30.7 Å². The minimum Gasteiger partial charge on any atom is -0.497 e. The quantitative estimate of drug-likeness (QED) is 0.912. The number of urea groups is 1. The second-order valence-corrected chi connectivity index (χ2v) is 5.44. The van der Waals surface area contributed by atoms with E-state index in [0.29, 0.717) is 0 Å². The Morgan fingerprint density at radius 3 is 2.82 bits per heavy atom. The number of nitrogens with one attached hydrogen (secondary N) is 2. The molecule has 1 aliphatic rings. The van der Waals surface area contributed by atoms with Gasteiger partial charge in [-0.2, -0.15) is 0 Å². The molecule has 116 valence electrons. The van der Waals surface area contributed by atoms with Crippen molar-refractivity contribution in [2.45, 2.75) is 31.3 Å². The Hall–Kier alpha value is -2.50. The molecule has 0 radical (unpaired) electrons. The monoisotopic (exact) mass is 300 g/mol. The first-order chi connectivity index (χ1) is 10.8. The lowest BCUT2D eigenvalue weighted by molar-refractivity contribution is 0.245. The van der Waals surface area contributed by atoms with Gasteiger partial charge in [-0.1, -0.05) is 0 Å². The number of carbonyl (C=O) groups excluding carboxylic acids is 1. The van der Waals surface area contributed by atoms with E-state index in [1.165, 1.54) is 0 Å². The third-order valence-electron chi connectivity index (χ3n) is 4.05. The summed E-state index contributed by atoms with van der Waals surface area (Å²) in [6.45, 7) is 0. The maximum atomic E-state index is 12.2. The van der Waals surface area contributed by atoms with Crippen LogP contribution in [0.25, 0.3) is 0 Å². The minimum atomic E-state index is -0.179. The predicted molar refractivity (Wildman–Crippen MR) is 84.1 cm³/mol. The molecular formula is C16H20N4O2. The van der Waals surface area contributed by atoms with Crippen LogP contribution in [-0.4, -0.2) is 28.7 Å². The standard InChI is InChI=1S/C16H20N4O2/c1-22-13-7-5-12(6-8-13)18-16(21)19-14-3-2-4-15(14)20-10-9-17-11-20/h5-11,14-15H,2-4H2,1H3,(H2,18,19,21)/t14-,15+/m1/s1. The smallest absolute Gasteiger partial charge is 0.319 e. The Morgan fingerprint density at radius 2 is 2.14 bits per heavy atom. The van der Waals surface area contributed by atoms with E-state index in [1.54, 1.807) is 13.3 Å². The van der Waals surface area contributed by atoms with E-state index in [-0.39, 0.29) is 18.1 Å². The summed E-state index contributed by atoms with van der Waals surface area (Å²) in [5.74, 6) is 0.766. The summed E-state index contributed by atoms with van der Waals surface area (Å²) >= 11 is 0. The van der Waals surface area contributed by atoms with E-state index >= 15 is 0 Å². The zero-order valence-corrected chi connectivity index (χ0v) is 12.5. The van der Waals surface area contributed by atoms with Gasteiger partial charge in [-0.05, 0) is 43.5 Å². The highest BCUT2D eigenvalue weighted by Gasteiger charge is 2.29. The van der Waals surface area contributed by atoms with Gasteiger partial charge in [0.1, 0.15) is 5.75 Å². The van der Waals surface area contributed by atoms with E-state index in [9.17, 15) is 4.79 Å². The fourth-order valence-electron chi connectivity index (χ4n) is 2.94. The Bertz CT molecular complexity index is 610. The molecule has 1 aliphatic carbocycles. The van der Waals surface area contributed by atoms with Gasteiger partial charge in [0.2, 0.25) is 0 Å². The van der Waals surface area contributed by atoms with Gasteiger partial charge in [0.25, 0.3) is 0 Å². The van der Waals surface area contributed by atoms with Gasteiger partial charge in [-0.25, -0.2) is 9.78 Å². The number of imidazole rings is 1. The molecule has 2 aromatic rings. The molecule has 2 N–H and O–H groups in total. The third-order valence-corrected chi connectivity index (χ3v) is 4.05. The number of hydrogen-bond donors (Lipinski definition) is 2. The van der Waals surface area contributed by atoms with Crippen LogP contribution < -0.4 is 15.4 Å². The van der Waals surface area contributed by atoms with Crippen molar-refractivity contribution in [3.05, 3.63) is 43.0 Å². The summed E-state index contributed by atoms with van der Waals surface area (Å²) < 4.78 is 7.17. The first kappa shape index (κ1) is 14.4. The Morgan fingerprint density at radius 1 is 1.32 bits per heavy atom. The van der Waals surface area contributed by atoms with Gasteiger partial charge in [-0.15, -0.1) is 0 Å². The summed E-state index contributed by atoms with van der Waals surface area (Å²) in [6, 6.07) is 7.51. The molecule has 1 fully saturated rings. The fraction of sp³-hybridized carbons (Fsp3) is 0.375. The van der Waals surface area contributed by atoms with Crippen LogP contribution in [0.2, 0.25) is 0 Å². The first-order valence-electron chi connectivity index (χ1n) is 7.45. The number of ether oxygens (including phenoxy) is 1. The fourth-order valence-corrected chi connectivity index (χ4v) is 2.94. The van der Waals surface area contributed by atoms with Gasteiger partial charge >= 0.3 is 6.03 Å². The van der Waals surface area contributed by atoms with E-state index < -0.39 is 0 Å². The number of nitrogens with zero attached hydrogens (tertiary/aromatic N) is 2. The molecule has 0 unspecified atom stereocenters. The number of anilines is 1. The van der Waals surface area contributed by atoms with Crippen LogP contribution in [0.3, 0.4) is 0 Å².